The van der Waals surface area contributed by atoms with Crippen LogP contribution >= 0.6 is 0 Å². The molecule has 1 aliphatic carbocycles. The third-order valence-electron chi connectivity index (χ3n) is 3.59. The molecule has 0 radical (unpaired) electrons. The van der Waals surface area contributed by atoms with Gasteiger partial charge in [0, 0.05) is 19.1 Å². The van der Waals surface area contributed by atoms with Crippen LogP contribution in [0, 0.1) is 5.92 Å². The van der Waals surface area contributed by atoms with E-state index in [2.05, 4.69) is 4.90 Å². The van der Waals surface area contributed by atoms with Gasteiger partial charge in [0.25, 0.3) is 0 Å². The average Bonchev–Trinajstić information content (AvgIpc) is 2.69. The predicted octanol–water partition coefficient (Wildman–Crippen LogP) is 0.180. The summed E-state index contributed by atoms with van der Waals surface area (Å²) in [5.41, 5.74) is 5.41. The summed E-state index contributed by atoms with van der Waals surface area (Å²) in [6.07, 6.45) is 5.13. The molecule has 0 spiro atoms. The van der Waals surface area contributed by atoms with Crippen LogP contribution in [0.3, 0.4) is 0 Å². The maximum atomic E-state index is 9.47. The van der Waals surface area contributed by atoms with Crippen molar-refractivity contribution in [3.63, 3.8) is 0 Å². The molecule has 2 fully saturated rings. The predicted molar refractivity (Wildman–Crippen MR) is 52.4 cm³/mol. The molecule has 3 nitrogen and oxygen atoms in total. The number of aliphatic hydroxyl groups excluding tert-OH is 1. The first-order chi connectivity index (χ1) is 6.31. The molecule has 13 heavy (non-hydrogen) atoms. The normalized spacial score (nSPS) is 36.5. The summed E-state index contributed by atoms with van der Waals surface area (Å²) in [5, 5.41) is 9.47. The third-order valence-corrected chi connectivity index (χ3v) is 3.59. The SMILES string of the molecule is NCC(O)CN1CCC2CCCC21. The van der Waals surface area contributed by atoms with Crippen molar-refractivity contribution in [2.75, 3.05) is 19.6 Å². The minimum absolute atomic E-state index is 0.320. The molecule has 1 heterocycles. The molecule has 1 aliphatic heterocycles. The maximum absolute atomic E-state index is 9.47. The zero-order chi connectivity index (χ0) is 9.26. The van der Waals surface area contributed by atoms with Gasteiger partial charge in [0.1, 0.15) is 0 Å². The first-order valence-electron chi connectivity index (χ1n) is 5.43. The van der Waals surface area contributed by atoms with E-state index in [1.54, 1.807) is 0 Å². The largest absolute Gasteiger partial charge is 0.390 e. The van der Waals surface area contributed by atoms with Gasteiger partial charge in [-0.15, -0.1) is 0 Å². The highest BCUT2D eigenvalue weighted by Crippen LogP contribution is 2.37. The van der Waals surface area contributed by atoms with Gasteiger partial charge in [0.15, 0.2) is 0 Å². The average molecular weight is 184 g/mol. The van der Waals surface area contributed by atoms with Gasteiger partial charge in [-0.25, -0.2) is 0 Å². The molecule has 76 valence electrons. The summed E-state index contributed by atoms with van der Waals surface area (Å²) in [6, 6.07) is 0.765. The van der Waals surface area contributed by atoms with Crippen LogP contribution in [0.15, 0.2) is 0 Å². The second-order valence-electron chi connectivity index (χ2n) is 4.43. The molecule has 2 rings (SSSR count). The van der Waals surface area contributed by atoms with Crippen LogP contribution in [0.2, 0.25) is 0 Å². The van der Waals surface area contributed by atoms with Crippen molar-refractivity contribution in [2.24, 2.45) is 11.7 Å². The fourth-order valence-corrected chi connectivity index (χ4v) is 2.90. The molecular weight excluding hydrogens is 164 g/mol. The number of aliphatic hydroxyl groups is 1. The van der Waals surface area contributed by atoms with Crippen LogP contribution in [0.5, 0.6) is 0 Å². The summed E-state index contributed by atoms with van der Waals surface area (Å²) >= 11 is 0. The zero-order valence-corrected chi connectivity index (χ0v) is 8.15. The van der Waals surface area contributed by atoms with Crippen molar-refractivity contribution in [1.82, 2.24) is 4.90 Å². The van der Waals surface area contributed by atoms with Gasteiger partial charge in [-0.05, 0) is 31.7 Å². The van der Waals surface area contributed by atoms with Crippen LogP contribution in [0.1, 0.15) is 25.7 Å². The van der Waals surface area contributed by atoms with Crippen molar-refractivity contribution in [3.05, 3.63) is 0 Å². The van der Waals surface area contributed by atoms with E-state index >= 15 is 0 Å². The number of β-amino-alcohol motifs (C(OH)–C–C–N with tert-alkyl or cyclic N) is 1. The molecule has 1 saturated carbocycles. The van der Waals surface area contributed by atoms with Gasteiger partial charge in [-0.1, -0.05) is 6.42 Å². The molecular formula is C10H20N2O. The Bertz CT molecular complexity index is 174. The van der Waals surface area contributed by atoms with E-state index < -0.39 is 0 Å². The number of hydrogen-bond acceptors (Lipinski definition) is 3. The van der Waals surface area contributed by atoms with Crippen molar-refractivity contribution in [2.45, 2.75) is 37.8 Å². The number of rotatable bonds is 3. The molecule has 3 N–H and O–H groups in total. The molecule has 3 unspecified atom stereocenters. The van der Waals surface area contributed by atoms with Crippen LogP contribution in [0.25, 0.3) is 0 Å². The molecule has 0 aromatic carbocycles. The third kappa shape index (κ3) is 1.87. The Labute approximate surface area is 79.9 Å². The first-order valence-corrected chi connectivity index (χ1v) is 5.43. The summed E-state index contributed by atoms with van der Waals surface area (Å²) in [4.78, 5) is 2.44. The van der Waals surface area contributed by atoms with E-state index in [0.717, 1.165) is 18.5 Å². The maximum Gasteiger partial charge on any atom is 0.0789 e. The highest BCUT2D eigenvalue weighted by molar-refractivity contribution is 4.92. The molecule has 3 atom stereocenters. The molecule has 2 aliphatic rings. The molecule has 0 aromatic heterocycles. The monoisotopic (exact) mass is 184 g/mol. The van der Waals surface area contributed by atoms with Gasteiger partial charge < -0.3 is 10.8 Å². The van der Waals surface area contributed by atoms with E-state index in [-0.39, 0.29) is 6.10 Å². The second kappa shape index (κ2) is 3.95. The van der Waals surface area contributed by atoms with Gasteiger partial charge in [-0.3, -0.25) is 4.90 Å². The summed E-state index contributed by atoms with van der Waals surface area (Å²) in [7, 11) is 0. The van der Waals surface area contributed by atoms with E-state index in [1.165, 1.54) is 32.2 Å². The quantitative estimate of drug-likeness (QED) is 0.658. The Morgan fingerprint density at radius 3 is 3.00 bits per heavy atom. The number of fused-ring (bicyclic) bond motifs is 1. The van der Waals surface area contributed by atoms with Gasteiger partial charge in [0.05, 0.1) is 6.10 Å². The number of nitrogens with two attached hydrogens (primary N) is 1. The van der Waals surface area contributed by atoms with Crippen molar-refractivity contribution < 1.29 is 5.11 Å². The van der Waals surface area contributed by atoms with Crippen molar-refractivity contribution in [3.8, 4) is 0 Å². The number of hydrogen-bond donors (Lipinski definition) is 2. The summed E-state index contributed by atoms with van der Waals surface area (Å²) in [5.74, 6) is 0.921. The molecule has 0 bridgehead atoms. The fraction of sp³-hybridized carbons (Fsp3) is 1.00. The molecule has 0 amide bonds. The Morgan fingerprint density at radius 2 is 2.23 bits per heavy atom. The standard InChI is InChI=1S/C10H20N2O/c11-6-9(13)7-12-5-4-8-2-1-3-10(8)12/h8-10,13H,1-7,11H2. The van der Waals surface area contributed by atoms with E-state index in [1.807, 2.05) is 0 Å². The van der Waals surface area contributed by atoms with Crippen LogP contribution in [0.4, 0.5) is 0 Å². The summed E-state index contributed by atoms with van der Waals surface area (Å²) in [6.45, 7) is 2.36. The smallest absolute Gasteiger partial charge is 0.0789 e. The van der Waals surface area contributed by atoms with Crippen LogP contribution in [-0.4, -0.2) is 41.8 Å². The lowest BCUT2D eigenvalue weighted by Crippen LogP contribution is -2.39. The minimum Gasteiger partial charge on any atom is -0.390 e. The Balaban J connectivity index is 1.86. The lowest BCUT2D eigenvalue weighted by Gasteiger charge is -2.25. The Morgan fingerprint density at radius 1 is 1.38 bits per heavy atom. The first kappa shape index (κ1) is 9.44. The van der Waals surface area contributed by atoms with Gasteiger partial charge in [0.2, 0.25) is 0 Å². The highest BCUT2D eigenvalue weighted by Gasteiger charge is 2.37. The van der Waals surface area contributed by atoms with E-state index in [9.17, 15) is 5.11 Å². The molecule has 1 saturated heterocycles. The lowest BCUT2D eigenvalue weighted by molar-refractivity contribution is 0.109. The van der Waals surface area contributed by atoms with Gasteiger partial charge in [-0.2, -0.15) is 0 Å². The van der Waals surface area contributed by atoms with Crippen LogP contribution in [-0.2, 0) is 0 Å². The molecule has 0 aromatic rings. The van der Waals surface area contributed by atoms with Crippen molar-refractivity contribution in [1.29, 1.82) is 0 Å². The Kier molecular flexibility index (Phi) is 2.86. The fourth-order valence-electron chi connectivity index (χ4n) is 2.90. The zero-order valence-electron chi connectivity index (χ0n) is 8.15. The van der Waals surface area contributed by atoms with Gasteiger partial charge >= 0.3 is 0 Å². The molecule has 3 heteroatoms. The van der Waals surface area contributed by atoms with E-state index in [0.29, 0.717) is 6.54 Å². The minimum atomic E-state index is -0.320. The number of nitrogens with zero attached hydrogens (tertiary/aromatic N) is 1. The van der Waals surface area contributed by atoms with Crippen molar-refractivity contribution >= 4 is 0 Å². The van der Waals surface area contributed by atoms with E-state index in [4.69, 9.17) is 5.73 Å². The Hall–Kier alpha value is -0.120. The number of likely N-dealkylation sites (tertiary alicyclic amines) is 1. The van der Waals surface area contributed by atoms with Crippen LogP contribution < -0.4 is 5.73 Å². The topological polar surface area (TPSA) is 49.5 Å². The highest BCUT2D eigenvalue weighted by atomic mass is 16.3. The lowest BCUT2D eigenvalue weighted by atomic mass is 10.0. The summed E-state index contributed by atoms with van der Waals surface area (Å²) < 4.78 is 0. The second-order valence-corrected chi connectivity index (χ2v) is 4.43.